The second-order valence-electron chi connectivity index (χ2n) is 13.3. The minimum Gasteiger partial charge on any atom is -0.0683 e. The standard InChI is InChI=1S/3C15H14.6C2H6/c1-10-7-13-9-12-5-3-4-6-14(12)15(13)8-11(10)2;1-10-7-11(2)15-13(8-10)9-12-5-3-4-6-14(12)15;1-10-7-8-13-9-12-5-3-4-6-14(12)15(13)11(10)2;6*1-2/h3*3-8H,9H2,1-2H3;6*1-2H3. The van der Waals surface area contributed by atoms with Crippen molar-refractivity contribution in [3.63, 3.8) is 0 Å². The molecular formula is C57H78. The van der Waals surface area contributed by atoms with Crippen LogP contribution in [0, 0.1) is 41.5 Å². The van der Waals surface area contributed by atoms with Gasteiger partial charge in [-0.25, -0.2) is 0 Å². The Labute approximate surface area is 351 Å². The Bertz CT molecular complexity index is 2090. The Morgan fingerprint density at radius 2 is 0.702 bits per heavy atom. The first-order valence-electron chi connectivity index (χ1n) is 22.3. The molecule has 0 radical (unpaired) electrons. The molecule has 0 nitrogen and oxygen atoms in total. The minimum absolute atomic E-state index is 1.10. The topological polar surface area (TPSA) is 0 Å². The van der Waals surface area contributed by atoms with Crippen LogP contribution in [0.4, 0.5) is 0 Å². The average Bonchev–Trinajstić information content (AvgIpc) is 3.95. The molecule has 0 saturated heterocycles. The summed E-state index contributed by atoms with van der Waals surface area (Å²) in [5.74, 6) is 0. The molecule has 0 aromatic heterocycles. The van der Waals surface area contributed by atoms with E-state index in [1.165, 1.54) is 100 Å². The normalized spacial score (nSPS) is 10.4. The van der Waals surface area contributed by atoms with E-state index in [0.29, 0.717) is 0 Å². The maximum atomic E-state index is 2.34. The molecule has 3 aliphatic rings. The minimum atomic E-state index is 1.10. The highest BCUT2D eigenvalue weighted by molar-refractivity contribution is 5.81. The molecule has 9 rings (SSSR count). The molecule has 6 aromatic carbocycles. The molecule has 0 heterocycles. The van der Waals surface area contributed by atoms with E-state index in [2.05, 4.69) is 151 Å². The lowest BCUT2D eigenvalue weighted by atomic mass is 9.97. The van der Waals surface area contributed by atoms with Crippen LogP contribution in [0.25, 0.3) is 33.4 Å². The van der Waals surface area contributed by atoms with Crippen molar-refractivity contribution in [1.82, 2.24) is 0 Å². The van der Waals surface area contributed by atoms with Crippen LogP contribution in [0.3, 0.4) is 0 Å². The molecule has 0 bridgehead atoms. The fourth-order valence-corrected chi connectivity index (χ4v) is 7.64. The van der Waals surface area contributed by atoms with Gasteiger partial charge in [0.2, 0.25) is 0 Å². The molecule has 6 aromatic rings. The number of aryl methyl sites for hydroxylation is 5. The molecule has 0 N–H and O–H groups in total. The molecule has 0 saturated carbocycles. The lowest BCUT2D eigenvalue weighted by Crippen LogP contribution is -1.87. The molecule has 0 aliphatic heterocycles. The van der Waals surface area contributed by atoms with E-state index in [-0.39, 0.29) is 0 Å². The predicted molar refractivity (Wildman–Crippen MR) is 261 cm³/mol. The summed E-state index contributed by atoms with van der Waals surface area (Å²) in [5.41, 5.74) is 26.0. The van der Waals surface area contributed by atoms with Crippen molar-refractivity contribution in [1.29, 1.82) is 0 Å². The van der Waals surface area contributed by atoms with Crippen molar-refractivity contribution < 1.29 is 0 Å². The van der Waals surface area contributed by atoms with Gasteiger partial charge in [0.25, 0.3) is 0 Å². The first kappa shape index (κ1) is 50.3. The highest BCUT2D eigenvalue weighted by atomic mass is 14.3. The maximum absolute atomic E-state index is 2.34. The van der Waals surface area contributed by atoms with Gasteiger partial charge in [-0.2, -0.15) is 0 Å². The smallest absolute Gasteiger partial charge is 0.00133 e. The SMILES string of the molecule is CC.CC.CC.CC.CC.CC.Cc1cc(C)c2c(c1)Cc1ccccc1-2.Cc1cc2c(cc1C)-c1ccccc1C2.Cc1ccc2c(c1C)-c1ccccc1C2. The fraction of sp³-hybridized carbons (Fsp3) is 0.368. The van der Waals surface area contributed by atoms with E-state index in [9.17, 15) is 0 Å². The molecule has 306 valence electrons. The molecule has 0 unspecified atom stereocenters. The van der Waals surface area contributed by atoms with Gasteiger partial charge in [-0.3, -0.25) is 0 Å². The molecule has 0 heteroatoms. The van der Waals surface area contributed by atoms with Crippen LogP contribution < -0.4 is 0 Å². The van der Waals surface area contributed by atoms with Crippen LogP contribution in [0.1, 0.15) is 150 Å². The van der Waals surface area contributed by atoms with Crippen molar-refractivity contribution in [2.24, 2.45) is 0 Å². The van der Waals surface area contributed by atoms with E-state index in [4.69, 9.17) is 0 Å². The van der Waals surface area contributed by atoms with Crippen LogP contribution in [0.2, 0.25) is 0 Å². The zero-order valence-corrected chi connectivity index (χ0v) is 39.5. The van der Waals surface area contributed by atoms with E-state index >= 15 is 0 Å². The van der Waals surface area contributed by atoms with Crippen LogP contribution in [0.5, 0.6) is 0 Å². The van der Waals surface area contributed by atoms with Crippen LogP contribution in [-0.4, -0.2) is 0 Å². The van der Waals surface area contributed by atoms with Crippen molar-refractivity contribution in [2.75, 3.05) is 0 Å². The van der Waals surface area contributed by atoms with Gasteiger partial charge in [0.1, 0.15) is 0 Å². The highest BCUT2D eigenvalue weighted by Gasteiger charge is 2.21. The third-order valence-electron chi connectivity index (χ3n) is 10.1. The summed E-state index contributed by atoms with van der Waals surface area (Å²) in [6.07, 6.45) is 3.31. The Kier molecular flexibility index (Phi) is 23.2. The van der Waals surface area contributed by atoms with Gasteiger partial charge in [0.05, 0.1) is 0 Å². The second kappa shape index (κ2) is 26.3. The lowest BCUT2D eigenvalue weighted by molar-refractivity contribution is 1.23. The van der Waals surface area contributed by atoms with Crippen LogP contribution in [0.15, 0.2) is 109 Å². The molecule has 0 amide bonds. The van der Waals surface area contributed by atoms with E-state index in [0.717, 1.165) is 19.3 Å². The lowest BCUT2D eigenvalue weighted by Gasteiger charge is -2.08. The third-order valence-corrected chi connectivity index (χ3v) is 10.1. The van der Waals surface area contributed by atoms with Gasteiger partial charge in [-0.15, -0.1) is 0 Å². The zero-order chi connectivity index (χ0) is 43.2. The third kappa shape index (κ3) is 12.2. The number of hydrogen-bond acceptors (Lipinski definition) is 0. The first-order valence-corrected chi connectivity index (χ1v) is 22.3. The molecule has 0 spiro atoms. The Morgan fingerprint density at radius 3 is 1.25 bits per heavy atom. The number of rotatable bonds is 0. The Morgan fingerprint density at radius 1 is 0.281 bits per heavy atom. The van der Waals surface area contributed by atoms with Crippen molar-refractivity contribution in [3.8, 4) is 33.4 Å². The number of fused-ring (bicyclic) bond motifs is 9. The number of hydrogen-bond donors (Lipinski definition) is 0. The fourth-order valence-electron chi connectivity index (χ4n) is 7.64. The quantitative estimate of drug-likeness (QED) is 0.144. The summed E-state index contributed by atoms with van der Waals surface area (Å²) < 4.78 is 0. The van der Waals surface area contributed by atoms with E-state index in [1.54, 1.807) is 0 Å². The maximum Gasteiger partial charge on any atom is -0.00133 e. The summed E-state index contributed by atoms with van der Waals surface area (Å²) in [5, 5.41) is 0. The molecule has 0 atom stereocenters. The van der Waals surface area contributed by atoms with Crippen LogP contribution >= 0.6 is 0 Å². The Balaban J connectivity index is 0.000000377. The van der Waals surface area contributed by atoms with E-state index < -0.39 is 0 Å². The first-order chi connectivity index (χ1) is 27.8. The largest absolute Gasteiger partial charge is 0.0683 e. The molecule has 3 aliphatic carbocycles. The summed E-state index contributed by atoms with van der Waals surface area (Å²) in [6.45, 7) is 37.2. The number of benzene rings is 6. The van der Waals surface area contributed by atoms with Crippen molar-refractivity contribution in [3.05, 3.63) is 176 Å². The van der Waals surface area contributed by atoms with Gasteiger partial charge in [0.15, 0.2) is 0 Å². The predicted octanol–water partition coefficient (Wildman–Crippen LogP) is 17.8. The van der Waals surface area contributed by atoms with Crippen molar-refractivity contribution >= 4 is 0 Å². The van der Waals surface area contributed by atoms with Gasteiger partial charge in [0, 0.05) is 0 Å². The summed E-state index contributed by atoms with van der Waals surface area (Å²) in [7, 11) is 0. The monoisotopic (exact) mass is 763 g/mol. The summed E-state index contributed by atoms with van der Waals surface area (Å²) in [6, 6.07) is 40.0. The second-order valence-corrected chi connectivity index (χ2v) is 13.3. The summed E-state index contributed by atoms with van der Waals surface area (Å²) in [4.78, 5) is 0. The molecule has 57 heavy (non-hydrogen) atoms. The zero-order valence-electron chi connectivity index (χ0n) is 39.5. The van der Waals surface area contributed by atoms with Crippen molar-refractivity contribution in [2.45, 2.75) is 144 Å². The van der Waals surface area contributed by atoms with Gasteiger partial charge >= 0.3 is 0 Å². The summed E-state index contributed by atoms with van der Waals surface area (Å²) >= 11 is 0. The van der Waals surface area contributed by atoms with Gasteiger partial charge < -0.3 is 0 Å². The average molecular weight is 763 g/mol. The molecular weight excluding hydrogens is 685 g/mol. The highest BCUT2D eigenvalue weighted by Crippen LogP contribution is 2.41. The molecule has 0 fully saturated rings. The van der Waals surface area contributed by atoms with Crippen LogP contribution in [-0.2, 0) is 19.3 Å². The van der Waals surface area contributed by atoms with Gasteiger partial charge in [-0.05, 0) is 155 Å². The van der Waals surface area contributed by atoms with Gasteiger partial charge in [-0.1, -0.05) is 198 Å². The Hall–Kier alpha value is -4.68. The van der Waals surface area contributed by atoms with E-state index in [1.807, 2.05) is 83.1 Å².